The predicted molar refractivity (Wildman–Crippen MR) is 64.3 cm³/mol. The van der Waals surface area contributed by atoms with Crippen molar-refractivity contribution in [1.82, 2.24) is 4.98 Å². The number of ether oxygens (including phenoxy) is 1. The van der Waals surface area contributed by atoms with Crippen LogP contribution >= 0.6 is 11.3 Å². The van der Waals surface area contributed by atoms with E-state index < -0.39 is 0 Å². The molecule has 0 fully saturated rings. The molecule has 0 spiro atoms. The van der Waals surface area contributed by atoms with Crippen LogP contribution in [-0.2, 0) is 11.2 Å². The number of nitrogens with two attached hydrogens (primary N) is 1. The largest absolute Gasteiger partial charge is 0.382 e. The van der Waals surface area contributed by atoms with E-state index in [0.29, 0.717) is 0 Å². The van der Waals surface area contributed by atoms with Gasteiger partial charge < -0.3 is 10.5 Å². The zero-order valence-corrected chi connectivity index (χ0v) is 10.3. The molecule has 86 valence electrons. The first kappa shape index (κ1) is 12.6. The quantitative estimate of drug-likeness (QED) is 0.727. The molecule has 0 amide bonds. The number of nitrogens with zero attached hydrogens (tertiary/aromatic N) is 1. The van der Waals surface area contributed by atoms with E-state index in [9.17, 15) is 0 Å². The summed E-state index contributed by atoms with van der Waals surface area (Å²) < 4.78 is 5.27. The minimum atomic E-state index is 0.215. The lowest BCUT2D eigenvalue weighted by Crippen LogP contribution is -2.23. The first-order chi connectivity index (χ1) is 7.22. The van der Waals surface area contributed by atoms with Crippen LogP contribution in [0.1, 0.15) is 30.5 Å². The third-order valence-electron chi connectivity index (χ3n) is 2.21. The fraction of sp³-hybridized carbons (Fsp3) is 0.727. The van der Waals surface area contributed by atoms with E-state index >= 15 is 0 Å². The number of thiazole rings is 1. The number of aryl methyl sites for hydroxylation is 1. The molecule has 4 heteroatoms. The highest BCUT2D eigenvalue weighted by Crippen LogP contribution is 2.10. The highest BCUT2D eigenvalue weighted by molar-refractivity contribution is 7.09. The molecule has 3 nitrogen and oxygen atoms in total. The Kier molecular flexibility index (Phi) is 5.83. The van der Waals surface area contributed by atoms with Crippen LogP contribution < -0.4 is 5.73 Å². The van der Waals surface area contributed by atoms with Gasteiger partial charge in [0.15, 0.2) is 0 Å². The van der Waals surface area contributed by atoms with Crippen molar-refractivity contribution < 1.29 is 4.74 Å². The van der Waals surface area contributed by atoms with E-state index in [1.165, 1.54) is 0 Å². The molecule has 1 aromatic heterocycles. The van der Waals surface area contributed by atoms with E-state index in [1.54, 1.807) is 11.3 Å². The van der Waals surface area contributed by atoms with Crippen LogP contribution in [0.2, 0.25) is 0 Å². The summed E-state index contributed by atoms with van der Waals surface area (Å²) in [6, 6.07) is 0.215. The van der Waals surface area contributed by atoms with Crippen LogP contribution in [-0.4, -0.2) is 24.2 Å². The van der Waals surface area contributed by atoms with Gasteiger partial charge in [0.05, 0.1) is 10.7 Å². The van der Waals surface area contributed by atoms with Gasteiger partial charge in [0.2, 0.25) is 0 Å². The number of aromatic nitrogens is 1. The zero-order valence-electron chi connectivity index (χ0n) is 9.53. The molecule has 1 rings (SSSR count). The van der Waals surface area contributed by atoms with Gasteiger partial charge in [0.1, 0.15) is 0 Å². The Balaban J connectivity index is 2.15. The molecule has 0 radical (unpaired) electrons. The topological polar surface area (TPSA) is 48.1 Å². The van der Waals surface area contributed by atoms with Gasteiger partial charge >= 0.3 is 0 Å². The molecule has 1 heterocycles. The summed E-state index contributed by atoms with van der Waals surface area (Å²) in [4.78, 5) is 4.40. The van der Waals surface area contributed by atoms with Gasteiger partial charge in [-0.25, -0.2) is 4.98 Å². The van der Waals surface area contributed by atoms with E-state index in [0.717, 1.165) is 43.2 Å². The van der Waals surface area contributed by atoms with E-state index in [1.807, 2.05) is 13.8 Å². The average Bonchev–Trinajstić information content (AvgIpc) is 2.59. The van der Waals surface area contributed by atoms with E-state index in [-0.39, 0.29) is 6.04 Å². The highest BCUT2D eigenvalue weighted by atomic mass is 32.1. The van der Waals surface area contributed by atoms with Crippen molar-refractivity contribution in [2.24, 2.45) is 5.73 Å². The molecule has 0 aromatic carbocycles. The van der Waals surface area contributed by atoms with Crippen LogP contribution in [0.5, 0.6) is 0 Å². The maximum Gasteiger partial charge on any atom is 0.0897 e. The van der Waals surface area contributed by atoms with Crippen LogP contribution in [0.25, 0.3) is 0 Å². The van der Waals surface area contributed by atoms with Crippen molar-refractivity contribution >= 4 is 11.3 Å². The molecule has 0 saturated carbocycles. The monoisotopic (exact) mass is 228 g/mol. The Bertz CT molecular complexity index is 275. The van der Waals surface area contributed by atoms with Gasteiger partial charge in [0.25, 0.3) is 0 Å². The normalized spacial score (nSPS) is 13.0. The van der Waals surface area contributed by atoms with Crippen LogP contribution in [0.3, 0.4) is 0 Å². The molecule has 0 aliphatic carbocycles. The fourth-order valence-electron chi connectivity index (χ4n) is 1.46. The first-order valence-corrected chi connectivity index (χ1v) is 6.34. The van der Waals surface area contributed by atoms with Crippen molar-refractivity contribution in [3.05, 3.63) is 16.1 Å². The maximum absolute atomic E-state index is 6.01. The smallest absolute Gasteiger partial charge is 0.0897 e. The number of rotatable bonds is 7. The third kappa shape index (κ3) is 5.25. The van der Waals surface area contributed by atoms with Crippen molar-refractivity contribution in [2.75, 3.05) is 13.2 Å². The molecule has 0 saturated heterocycles. The molecule has 1 atom stereocenters. The Morgan fingerprint density at radius 3 is 3.00 bits per heavy atom. The van der Waals surface area contributed by atoms with Crippen molar-refractivity contribution in [1.29, 1.82) is 0 Å². The van der Waals surface area contributed by atoms with E-state index in [4.69, 9.17) is 10.5 Å². The molecule has 1 aromatic rings. The number of hydrogen-bond donors (Lipinski definition) is 1. The van der Waals surface area contributed by atoms with Gasteiger partial charge in [0, 0.05) is 31.1 Å². The summed E-state index contributed by atoms with van der Waals surface area (Å²) in [7, 11) is 0. The summed E-state index contributed by atoms with van der Waals surface area (Å²) in [6.07, 6.45) is 2.94. The second kappa shape index (κ2) is 6.93. The standard InChI is InChI=1S/C11H20N2OS/c1-3-14-6-4-5-10(12)7-11-8-15-9(2)13-11/h8,10H,3-7,12H2,1-2H3. The molecule has 1 unspecified atom stereocenters. The predicted octanol–water partition coefficient (Wildman–Crippen LogP) is 2.14. The second-order valence-corrected chi connectivity index (χ2v) is 4.72. The molecule has 15 heavy (non-hydrogen) atoms. The van der Waals surface area contributed by atoms with Gasteiger partial charge in [-0.3, -0.25) is 0 Å². The minimum absolute atomic E-state index is 0.215. The molecule has 0 bridgehead atoms. The molecule has 0 aliphatic rings. The Morgan fingerprint density at radius 1 is 1.60 bits per heavy atom. The summed E-state index contributed by atoms with van der Waals surface area (Å²) in [5, 5.41) is 3.21. The lowest BCUT2D eigenvalue weighted by molar-refractivity contribution is 0.142. The molecule has 2 N–H and O–H groups in total. The van der Waals surface area contributed by atoms with Gasteiger partial charge in [-0.05, 0) is 26.7 Å². The van der Waals surface area contributed by atoms with Crippen molar-refractivity contribution in [3.63, 3.8) is 0 Å². The minimum Gasteiger partial charge on any atom is -0.382 e. The highest BCUT2D eigenvalue weighted by Gasteiger charge is 2.06. The molecule has 0 aliphatic heterocycles. The second-order valence-electron chi connectivity index (χ2n) is 3.66. The molecular weight excluding hydrogens is 208 g/mol. The van der Waals surface area contributed by atoms with E-state index in [2.05, 4.69) is 10.4 Å². The zero-order chi connectivity index (χ0) is 11.1. The first-order valence-electron chi connectivity index (χ1n) is 5.46. The van der Waals surface area contributed by atoms with Gasteiger partial charge in [-0.15, -0.1) is 11.3 Å². The third-order valence-corrected chi connectivity index (χ3v) is 3.03. The van der Waals surface area contributed by atoms with Crippen molar-refractivity contribution in [2.45, 2.75) is 39.2 Å². The fourth-order valence-corrected chi connectivity index (χ4v) is 2.09. The van der Waals surface area contributed by atoms with Crippen LogP contribution in [0, 0.1) is 6.92 Å². The van der Waals surface area contributed by atoms with Crippen LogP contribution in [0.4, 0.5) is 0 Å². The Hall–Kier alpha value is -0.450. The SMILES string of the molecule is CCOCCCC(N)Cc1csc(C)n1. The summed E-state index contributed by atoms with van der Waals surface area (Å²) in [5.41, 5.74) is 7.13. The van der Waals surface area contributed by atoms with Crippen LogP contribution in [0.15, 0.2) is 5.38 Å². The maximum atomic E-state index is 6.01. The Morgan fingerprint density at radius 2 is 2.40 bits per heavy atom. The summed E-state index contributed by atoms with van der Waals surface area (Å²) in [6.45, 7) is 5.65. The van der Waals surface area contributed by atoms with Crippen molar-refractivity contribution in [3.8, 4) is 0 Å². The number of hydrogen-bond acceptors (Lipinski definition) is 4. The molecular formula is C11H20N2OS. The lowest BCUT2D eigenvalue weighted by atomic mass is 10.1. The Labute approximate surface area is 95.7 Å². The lowest BCUT2D eigenvalue weighted by Gasteiger charge is -2.09. The average molecular weight is 228 g/mol. The summed E-state index contributed by atoms with van der Waals surface area (Å²) in [5.74, 6) is 0. The van der Waals surface area contributed by atoms with Gasteiger partial charge in [-0.2, -0.15) is 0 Å². The van der Waals surface area contributed by atoms with Gasteiger partial charge in [-0.1, -0.05) is 0 Å². The summed E-state index contributed by atoms with van der Waals surface area (Å²) >= 11 is 1.69.